The quantitative estimate of drug-likeness (QED) is 0.888. The zero-order valence-electron chi connectivity index (χ0n) is 9.90. The summed E-state index contributed by atoms with van der Waals surface area (Å²) in [6.07, 6.45) is -1.70. The Morgan fingerprint density at radius 2 is 2.05 bits per heavy atom. The number of fused-ring (bicyclic) bond motifs is 1. The van der Waals surface area contributed by atoms with Gasteiger partial charge in [0.15, 0.2) is 17.1 Å². The maximum atomic E-state index is 12.9. The number of alkyl halides is 3. The number of H-pyrrole nitrogens is 1. The van der Waals surface area contributed by atoms with Crippen LogP contribution in [-0.2, 0) is 4.74 Å². The summed E-state index contributed by atoms with van der Waals surface area (Å²) in [5, 5.41) is 0. The van der Waals surface area contributed by atoms with E-state index in [1.807, 2.05) is 0 Å². The molecule has 19 heavy (non-hydrogen) atoms. The van der Waals surface area contributed by atoms with E-state index >= 15 is 0 Å². The fourth-order valence-corrected chi connectivity index (χ4v) is 2.14. The lowest BCUT2D eigenvalue weighted by Gasteiger charge is -2.49. The third kappa shape index (κ3) is 1.65. The number of halogens is 3. The SMILES string of the molecule is COC1(C(F)(F)F)CN(c2ncnc3nc[nH]c23)C1. The van der Waals surface area contributed by atoms with E-state index in [1.165, 1.54) is 17.6 Å². The Bertz CT molecular complexity index is 604. The highest BCUT2D eigenvalue weighted by Gasteiger charge is 2.63. The average molecular weight is 273 g/mol. The highest BCUT2D eigenvalue weighted by molar-refractivity contribution is 5.83. The van der Waals surface area contributed by atoms with Gasteiger partial charge in [-0.15, -0.1) is 0 Å². The molecule has 1 aliphatic heterocycles. The molecule has 9 heteroatoms. The molecule has 1 saturated heterocycles. The summed E-state index contributed by atoms with van der Waals surface area (Å²) in [5.41, 5.74) is -1.18. The molecule has 0 atom stereocenters. The van der Waals surface area contributed by atoms with Gasteiger partial charge in [-0.1, -0.05) is 0 Å². The van der Waals surface area contributed by atoms with E-state index in [2.05, 4.69) is 24.7 Å². The van der Waals surface area contributed by atoms with Gasteiger partial charge in [-0.25, -0.2) is 15.0 Å². The summed E-state index contributed by atoms with van der Waals surface area (Å²) >= 11 is 0. The third-order valence-corrected chi connectivity index (χ3v) is 3.30. The number of nitrogens with zero attached hydrogens (tertiary/aromatic N) is 4. The Morgan fingerprint density at radius 3 is 2.68 bits per heavy atom. The van der Waals surface area contributed by atoms with Crippen molar-refractivity contribution in [1.29, 1.82) is 0 Å². The Kier molecular flexibility index (Phi) is 2.43. The summed E-state index contributed by atoms with van der Waals surface area (Å²) < 4.78 is 43.3. The van der Waals surface area contributed by atoms with Gasteiger partial charge >= 0.3 is 6.18 Å². The van der Waals surface area contributed by atoms with E-state index < -0.39 is 11.8 Å². The number of nitrogens with one attached hydrogen (secondary N) is 1. The van der Waals surface area contributed by atoms with Crippen LogP contribution in [0.25, 0.3) is 11.2 Å². The highest BCUT2D eigenvalue weighted by Crippen LogP contribution is 2.42. The van der Waals surface area contributed by atoms with Gasteiger partial charge in [-0.3, -0.25) is 0 Å². The first-order valence-corrected chi connectivity index (χ1v) is 5.48. The topological polar surface area (TPSA) is 66.9 Å². The minimum atomic E-state index is -4.40. The van der Waals surface area contributed by atoms with Crippen molar-refractivity contribution in [3.8, 4) is 0 Å². The molecule has 0 unspecified atom stereocenters. The molecule has 3 rings (SSSR count). The van der Waals surface area contributed by atoms with Crippen LogP contribution >= 0.6 is 0 Å². The van der Waals surface area contributed by atoms with Gasteiger partial charge in [-0.05, 0) is 0 Å². The van der Waals surface area contributed by atoms with E-state index in [1.54, 1.807) is 0 Å². The van der Waals surface area contributed by atoms with E-state index in [0.717, 1.165) is 7.11 Å². The predicted octanol–water partition coefficient (Wildman–Crippen LogP) is 1.12. The van der Waals surface area contributed by atoms with Crippen LogP contribution in [0.5, 0.6) is 0 Å². The van der Waals surface area contributed by atoms with Crippen molar-refractivity contribution in [1.82, 2.24) is 19.9 Å². The Hall–Kier alpha value is -1.90. The lowest BCUT2D eigenvalue weighted by Crippen LogP contribution is -2.70. The Balaban J connectivity index is 1.90. The number of hydrogen-bond acceptors (Lipinski definition) is 5. The van der Waals surface area contributed by atoms with Gasteiger partial charge in [0.05, 0.1) is 19.4 Å². The fourth-order valence-electron chi connectivity index (χ4n) is 2.14. The van der Waals surface area contributed by atoms with Crippen LogP contribution in [0.2, 0.25) is 0 Å². The second-order valence-corrected chi connectivity index (χ2v) is 4.35. The molecule has 0 aliphatic carbocycles. The molecule has 0 bridgehead atoms. The normalized spacial score (nSPS) is 18.6. The van der Waals surface area contributed by atoms with Crippen LogP contribution < -0.4 is 4.90 Å². The molecule has 2 aromatic heterocycles. The molecule has 2 aromatic rings. The van der Waals surface area contributed by atoms with E-state index in [4.69, 9.17) is 0 Å². The molecule has 0 radical (unpaired) electrons. The molecule has 0 saturated carbocycles. The largest absolute Gasteiger partial charge is 0.420 e. The molecule has 102 valence electrons. The molecule has 1 aliphatic rings. The van der Waals surface area contributed by atoms with Crippen molar-refractivity contribution in [2.75, 3.05) is 25.1 Å². The minimum Gasteiger partial charge on any atom is -0.365 e. The average Bonchev–Trinajstić information content (AvgIpc) is 2.75. The molecule has 0 aromatic carbocycles. The van der Waals surface area contributed by atoms with Crippen molar-refractivity contribution in [3.05, 3.63) is 12.7 Å². The first-order valence-electron chi connectivity index (χ1n) is 5.48. The molecule has 1 N–H and O–H groups in total. The lowest BCUT2D eigenvalue weighted by molar-refractivity contribution is -0.277. The Morgan fingerprint density at radius 1 is 1.32 bits per heavy atom. The van der Waals surface area contributed by atoms with Crippen LogP contribution in [0, 0.1) is 0 Å². The van der Waals surface area contributed by atoms with Crippen LogP contribution in [0.4, 0.5) is 19.0 Å². The van der Waals surface area contributed by atoms with Crippen molar-refractivity contribution < 1.29 is 17.9 Å². The molecule has 1 fully saturated rings. The van der Waals surface area contributed by atoms with Crippen LogP contribution in [0.15, 0.2) is 12.7 Å². The second kappa shape index (κ2) is 3.80. The standard InChI is InChI=1S/C10H10F3N5O/c1-19-9(10(11,12)13)2-18(3-9)8-6-7(15-4-14-6)16-5-17-8/h4-5H,2-3H2,1H3,(H,14,15,16,17). The molecular formula is C10H10F3N5O. The fraction of sp³-hybridized carbons (Fsp3) is 0.500. The van der Waals surface area contributed by atoms with Crippen LogP contribution in [0.1, 0.15) is 0 Å². The van der Waals surface area contributed by atoms with Crippen LogP contribution in [-0.4, -0.2) is 51.9 Å². The summed E-state index contributed by atoms with van der Waals surface area (Å²) in [4.78, 5) is 16.2. The van der Waals surface area contributed by atoms with E-state index in [-0.39, 0.29) is 13.1 Å². The summed E-state index contributed by atoms with van der Waals surface area (Å²) in [7, 11) is 1.07. The molecule has 0 amide bonds. The number of methoxy groups -OCH3 is 1. The number of aromatic amines is 1. The zero-order chi connectivity index (χ0) is 13.7. The number of ether oxygens (including phenoxy) is 1. The number of imidazole rings is 1. The smallest absolute Gasteiger partial charge is 0.365 e. The minimum absolute atomic E-state index is 0.294. The van der Waals surface area contributed by atoms with E-state index in [0.29, 0.717) is 17.0 Å². The maximum absolute atomic E-state index is 12.9. The zero-order valence-corrected chi connectivity index (χ0v) is 9.90. The molecule has 3 heterocycles. The van der Waals surface area contributed by atoms with Crippen molar-refractivity contribution in [3.63, 3.8) is 0 Å². The van der Waals surface area contributed by atoms with Gasteiger partial charge in [0.2, 0.25) is 0 Å². The van der Waals surface area contributed by atoms with Gasteiger partial charge in [0, 0.05) is 7.11 Å². The van der Waals surface area contributed by atoms with Crippen molar-refractivity contribution in [2.45, 2.75) is 11.8 Å². The van der Waals surface area contributed by atoms with Gasteiger partial charge in [0.1, 0.15) is 11.8 Å². The van der Waals surface area contributed by atoms with Gasteiger partial charge < -0.3 is 14.6 Å². The first-order chi connectivity index (χ1) is 8.97. The molecule has 0 spiro atoms. The Labute approximate surface area is 105 Å². The predicted molar refractivity (Wildman–Crippen MR) is 59.7 cm³/mol. The maximum Gasteiger partial charge on any atom is 0.420 e. The van der Waals surface area contributed by atoms with Crippen molar-refractivity contribution in [2.24, 2.45) is 0 Å². The third-order valence-electron chi connectivity index (χ3n) is 3.30. The monoisotopic (exact) mass is 273 g/mol. The number of anilines is 1. The number of hydrogen-bond donors (Lipinski definition) is 1. The first kappa shape index (κ1) is 12.2. The number of aromatic nitrogens is 4. The summed E-state index contributed by atoms with van der Waals surface area (Å²) in [5.74, 6) is 0.402. The van der Waals surface area contributed by atoms with Crippen LogP contribution in [0.3, 0.4) is 0 Å². The lowest BCUT2D eigenvalue weighted by atomic mass is 9.93. The van der Waals surface area contributed by atoms with E-state index in [9.17, 15) is 13.2 Å². The van der Waals surface area contributed by atoms with Gasteiger partial charge in [0.25, 0.3) is 0 Å². The summed E-state index contributed by atoms with van der Waals surface area (Å²) in [6.45, 7) is -0.587. The van der Waals surface area contributed by atoms with Crippen molar-refractivity contribution >= 4 is 17.0 Å². The molecular weight excluding hydrogens is 263 g/mol. The van der Waals surface area contributed by atoms with Gasteiger partial charge in [-0.2, -0.15) is 13.2 Å². The second-order valence-electron chi connectivity index (χ2n) is 4.35. The molecule has 6 nitrogen and oxygen atoms in total. The summed E-state index contributed by atoms with van der Waals surface area (Å²) in [6, 6.07) is 0. The highest BCUT2D eigenvalue weighted by atomic mass is 19.4. The number of rotatable bonds is 2.